The number of ether oxygens (including phenoxy) is 1. The van der Waals surface area contributed by atoms with Crippen molar-refractivity contribution in [3.63, 3.8) is 0 Å². The number of nitrogens with one attached hydrogen (secondary N) is 2. The van der Waals surface area contributed by atoms with E-state index in [1.807, 2.05) is 28.8 Å². The van der Waals surface area contributed by atoms with Crippen LogP contribution in [-0.4, -0.2) is 27.8 Å². The molecule has 0 saturated heterocycles. The fourth-order valence-corrected chi connectivity index (χ4v) is 3.13. The van der Waals surface area contributed by atoms with E-state index in [9.17, 15) is 9.59 Å². The van der Waals surface area contributed by atoms with E-state index in [4.69, 9.17) is 4.74 Å². The van der Waals surface area contributed by atoms with E-state index in [-0.39, 0.29) is 23.8 Å². The Morgan fingerprint density at radius 2 is 2.04 bits per heavy atom. The van der Waals surface area contributed by atoms with Gasteiger partial charge in [0.05, 0.1) is 16.9 Å². The number of anilines is 2. The van der Waals surface area contributed by atoms with Gasteiger partial charge in [-0.05, 0) is 24.3 Å². The number of nitrogens with zero attached hydrogens (tertiary/aromatic N) is 2. The summed E-state index contributed by atoms with van der Waals surface area (Å²) in [6.07, 6.45) is 1.91. The third-order valence-electron chi connectivity index (χ3n) is 4.32. The molecule has 138 valence electrons. The maximum absolute atomic E-state index is 13.0. The Morgan fingerprint density at radius 1 is 1.22 bits per heavy atom. The molecular weight excluding hydrogens is 344 g/mol. The fraction of sp³-hybridized carbons (Fsp3) is 0.250. The van der Waals surface area contributed by atoms with Crippen LogP contribution < -0.4 is 15.4 Å². The van der Waals surface area contributed by atoms with E-state index in [1.165, 1.54) is 0 Å². The van der Waals surface area contributed by atoms with Crippen molar-refractivity contribution in [3.8, 4) is 5.75 Å². The maximum Gasteiger partial charge on any atom is 0.276 e. The Hall–Kier alpha value is -3.35. The molecule has 2 N–H and O–H groups in total. The number of imidazole rings is 1. The highest BCUT2D eigenvalue weighted by Gasteiger charge is 2.26. The lowest BCUT2D eigenvalue weighted by atomic mass is 9.96. The molecule has 2 aromatic heterocycles. The van der Waals surface area contributed by atoms with Crippen molar-refractivity contribution >= 4 is 28.7 Å². The highest BCUT2D eigenvalue weighted by atomic mass is 16.5. The largest absolute Gasteiger partial charge is 0.479 e. The number of hydrogen-bond acceptors (Lipinski definition) is 4. The van der Waals surface area contributed by atoms with Gasteiger partial charge < -0.3 is 19.8 Å². The number of rotatable bonds is 2. The van der Waals surface area contributed by atoms with Crippen LogP contribution in [0.3, 0.4) is 0 Å². The highest BCUT2D eigenvalue weighted by molar-refractivity contribution is 6.09. The molecule has 27 heavy (non-hydrogen) atoms. The maximum atomic E-state index is 13.0. The first-order valence-corrected chi connectivity index (χ1v) is 8.69. The second-order valence-corrected chi connectivity index (χ2v) is 7.46. The molecule has 0 spiro atoms. The average molecular weight is 364 g/mol. The van der Waals surface area contributed by atoms with Crippen molar-refractivity contribution in [2.24, 2.45) is 0 Å². The minimum absolute atomic E-state index is 0.0819. The summed E-state index contributed by atoms with van der Waals surface area (Å²) in [6, 6.07) is 10.9. The zero-order valence-corrected chi connectivity index (χ0v) is 15.4. The second kappa shape index (κ2) is 6.12. The summed E-state index contributed by atoms with van der Waals surface area (Å²) in [5.74, 6) is 0.704. The summed E-state index contributed by atoms with van der Waals surface area (Å²) in [5, 5.41) is 5.60. The molecule has 1 aromatic carbocycles. The normalized spacial score (nSPS) is 13.7. The number of hydrogen-bond donors (Lipinski definition) is 2. The SMILES string of the molecule is CC(C)(C)c1nc(C(=O)Nc2cccc3c2OCC(=O)N3)c2ccccn12. The van der Waals surface area contributed by atoms with E-state index in [0.717, 1.165) is 11.3 Å². The lowest BCUT2D eigenvalue weighted by Crippen LogP contribution is -2.26. The number of fused-ring (bicyclic) bond motifs is 2. The third kappa shape index (κ3) is 3.01. The predicted molar refractivity (Wildman–Crippen MR) is 102 cm³/mol. The molecular formula is C20H20N4O3. The number of para-hydroxylation sites is 1. The van der Waals surface area contributed by atoms with Crippen LogP contribution in [0.1, 0.15) is 37.1 Å². The van der Waals surface area contributed by atoms with Crippen LogP contribution in [0.4, 0.5) is 11.4 Å². The van der Waals surface area contributed by atoms with Crippen molar-refractivity contribution < 1.29 is 14.3 Å². The molecule has 1 aliphatic rings. The van der Waals surface area contributed by atoms with Crippen molar-refractivity contribution in [2.45, 2.75) is 26.2 Å². The van der Waals surface area contributed by atoms with Gasteiger partial charge in [0.1, 0.15) is 5.82 Å². The molecule has 0 unspecified atom stereocenters. The number of amides is 2. The van der Waals surface area contributed by atoms with Gasteiger partial charge in [-0.15, -0.1) is 0 Å². The molecule has 3 heterocycles. The lowest BCUT2D eigenvalue weighted by molar-refractivity contribution is -0.118. The molecule has 0 radical (unpaired) electrons. The highest BCUT2D eigenvalue weighted by Crippen LogP contribution is 2.36. The Balaban J connectivity index is 1.73. The quantitative estimate of drug-likeness (QED) is 0.731. The van der Waals surface area contributed by atoms with Gasteiger partial charge in [-0.2, -0.15) is 0 Å². The van der Waals surface area contributed by atoms with Crippen LogP contribution in [0.5, 0.6) is 5.75 Å². The first-order chi connectivity index (χ1) is 12.8. The lowest BCUT2D eigenvalue weighted by Gasteiger charge is -2.20. The molecule has 0 atom stereocenters. The van der Waals surface area contributed by atoms with Crippen LogP contribution in [0.2, 0.25) is 0 Å². The topological polar surface area (TPSA) is 84.7 Å². The summed E-state index contributed by atoms with van der Waals surface area (Å²) in [5.41, 5.74) is 1.89. The Morgan fingerprint density at radius 3 is 2.81 bits per heavy atom. The van der Waals surface area contributed by atoms with Crippen LogP contribution in [0, 0.1) is 0 Å². The number of pyridine rings is 1. The van der Waals surface area contributed by atoms with Gasteiger partial charge >= 0.3 is 0 Å². The van der Waals surface area contributed by atoms with Crippen LogP contribution in [-0.2, 0) is 10.2 Å². The zero-order valence-electron chi connectivity index (χ0n) is 15.4. The van der Waals surface area contributed by atoms with Crippen molar-refractivity contribution in [2.75, 3.05) is 17.2 Å². The Kier molecular flexibility index (Phi) is 3.87. The smallest absolute Gasteiger partial charge is 0.276 e. The van der Waals surface area contributed by atoms with Gasteiger partial charge in [-0.25, -0.2) is 4.98 Å². The minimum atomic E-state index is -0.330. The van der Waals surface area contributed by atoms with E-state index in [0.29, 0.717) is 22.8 Å². The van der Waals surface area contributed by atoms with Gasteiger partial charge in [0.2, 0.25) is 0 Å². The molecule has 1 aliphatic heterocycles. The third-order valence-corrected chi connectivity index (χ3v) is 4.32. The molecule has 3 aromatic rings. The van der Waals surface area contributed by atoms with Crippen LogP contribution >= 0.6 is 0 Å². The molecule has 0 fully saturated rings. The first-order valence-electron chi connectivity index (χ1n) is 8.69. The van der Waals surface area contributed by atoms with Crippen LogP contribution in [0.25, 0.3) is 5.52 Å². The zero-order chi connectivity index (χ0) is 19.2. The van der Waals surface area contributed by atoms with E-state index >= 15 is 0 Å². The number of carbonyl (C=O) groups is 2. The molecule has 7 nitrogen and oxygen atoms in total. The van der Waals surface area contributed by atoms with Gasteiger partial charge in [0, 0.05) is 11.6 Å². The number of aromatic nitrogens is 2. The van der Waals surface area contributed by atoms with Gasteiger partial charge in [-0.1, -0.05) is 32.9 Å². The number of carbonyl (C=O) groups excluding carboxylic acids is 2. The second-order valence-electron chi connectivity index (χ2n) is 7.46. The molecule has 0 saturated carbocycles. The molecule has 4 rings (SSSR count). The van der Waals surface area contributed by atoms with Crippen LogP contribution in [0.15, 0.2) is 42.6 Å². The summed E-state index contributed by atoms with van der Waals surface area (Å²) < 4.78 is 7.43. The van der Waals surface area contributed by atoms with Gasteiger partial charge in [-0.3, -0.25) is 9.59 Å². The van der Waals surface area contributed by atoms with Crippen molar-refractivity contribution in [1.29, 1.82) is 0 Å². The first kappa shape index (κ1) is 17.1. The molecule has 0 aliphatic carbocycles. The fourth-order valence-electron chi connectivity index (χ4n) is 3.13. The monoisotopic (exact) mass is 364 g/mol. The molecule has 0 bridgehead atoms. The van der Waals surface area contributed by atoms with E-state index in [1.54, 1.807) is 18.2 Å². The summed E-state index contributed by atoms with van der Waals surface area (Å²) in [4.78, 5) is 29.1. The predicted octanol–water partition coefficient (Wildman–Crippen LogP) is 3.22. The average Bonchev–Trinajstić information content (AvgIpc) is 3.02. The minimum Gasteiger partial charge on any atom is -0.479 e. The van der Waals surface area contributed by atoms with Gasteiger partial charge in [0.15, 0.2) is 18.1 Å². The van der Waals surface area contributed by atoms with Crippen molar-refractivity contribution in [3.05, 3.63) is 54.1 Å². The number of benzene rings is 1. The summed E-state index contributed by atoms with van der Waals surface area (Å²) in [6.45, 7) is 6.09. The van der Waals surface area contributed by atoms with Gasteiger partial charge in [0.25, 0.3) is 11.8 Å². The summed E-state index contributed by atoms with van der Waals surface area (Å²) in [7, 11) is 0. The standard InChI is InChI=1S/C20H20N4O3/c1-20(2,3)19-23-16(14-9-4-5-10-24(14)19)18(26)22-13-8-6-7-12-17(13)27-11-15(25)21-12/h4-10H,11H2,1-3H3,(H,21,25)(H,22,26). The Bertz CT molecular complexity index is 1060. The van der Waals surface area contributed by atoms with E-state index in [2.05, 4.69) is 36.4 Å². The van der Waals surface area contributed by atoms with Crippen molar-refractivity contribution in [1.82, 2.24) is 9.38 Å². The molecule has 2 amide bonds. The van der Waals surface area contributed by atoms with E-state index < -0.39 is 0 Å². The summed E-state index contributed by atoms with van der Waals surface area (Å²) >= 11 is 0. The molecule has 7 heteroatoms. The Labute approximate surface area is 156 Å².